The maximum absolute atomic E-state index is 11.5. The third kappa shape index (κ3) is 2.78. The van der Waals surface area contributed by atoms with Crippen molar-refractivity contribution in [3.05, 3.63) is 12.2 Å². The lowest BCUT2D eigenvalue weighted by Crippen LogP contribution is -2.43. The van der Waals surface area contributed by atoms with Gasteiger partial charge in [-0.1, -0.05) is 0 Å². The van der Waals surface area contributed by atoms with E-state index >= 15 is 0 Å². The second-order valence-electron chi connectivity index (χ2n) is 3.87. The number of aromatic amines is 1. The van der Waals surface area contributed by atoms with E-state index in [1.165, 1.54) is 20.2 Å². The van der Waals surface area contributed by atoms with Crippen LogP contribution in [0.15, 0.2) is 6.33 Å². The van der Waals surface area contributed by atoms with Gasteiger partial charge in [-0.25, -0.2) is 4.98 Å². The van der Waals surface area contributed by atoms with Gasteiger partial charge in [0, 0.05) is 13.0 Å². The second kappa shape index (κ2) is 4.73. The first kappa shape index (κ1) is 12.2. The summed E-state index contributed by atoms with van der Waals surface area (Å²) in [5, 5.41) is 17.6. The molecule has 0 aromatic carbocycles. The molecule has 0 unspecified atom stereocenters. The number of aliphatic carboxylic acids is 1. The first-order valence-corrected chi connectivity index (χ1v) is 4.80. The van der Waals surface area contributed by atoms with E-state index in [-0.39, 0.29) is 0 Å². The molecule has 7 heteroatoms. The van der Waals surface area contributed by atoms with Gasteiger partial charge in [-0.05, 0) is 13.8 Å². The number of carbonyl (C=O) groups is 2. The standard InChI is InChI=1S/C9H14N4O3/c1-9(2,8(15)16)7(14)10-4-3-6-11-5-12-13-6/h5H,3-4H2,1-2H3,(H,10,14)(H,15,16)(H,11,12,13). The van der Waals surface area contributed by atoms with Crippen molar-refractivity contribution in [3.63, 3.8) is 0 Å². The predicted molar refractivity (Wildman–Crippen MR) is 54.5 cm³/mol. The molecule has 0 bridgehead atoms. The minimum atomic E-state index is -1.42. The van der Waals surface area contributed by atoms with Crippen LogP contribution in [0, 0.1) is 5.41 Å². The molecule has 1 aromatic heterocycles. The first-order chi connectivity index (χ1) is 7.44. The van der Waals surface area contributed by atoms with Crippen LogP contribution in [-0.2, 0) is 16.0 Å². The van der Waals surface area contributed by atoms with Gasteiger partial charge in [0.2, 0.25) is 5.91 Å². The van der Waals surface area contributed by atoms with Crippen molar-refractivity contribution in [1.29, 1.82) is 0 Å². The number of nitrogens with one attached hydrogen (secondary N) is 2. The summed E-state index contributed by atoms with van der Waals surface area (Å²) in [6, 6.07) is 0. The zero-order valence-corrected chi connectivity index (χ0v) is 9.15. The quantitative estimate of drug-likeness (QED) is 0.590. The zero-order valence-electron chi connectivity index (χ0n) is 9.15. The van der Waals surface area contributed by atoms with Crippen LogP contribution in [0.3, 0.4) is 0 Å². The molecule has 16 heavy (non-hydrogen) atoms. The van der Waals surface area contributed by atoms with E-state index in [4.69, 9.17) is 5.11 Å². The molecule has 0 spiro atoms. The lowest BCUT2D eigenvalue weighted by Gasteiger charge is -2.17. The molecule has 0 atom stereocenters. The van der Waals surface area contributed by atoms with Crippen LogP contribution in [0.4, 0.5) is 0 Å². The topological polar surface area (TPSA) is 108 Å². The first-order valence-electron chi connectivity index (χ1n) is 4.80. The molecule has 3 N–H and O–H groups in total. The summed E-state index contributed by atoms with van der Waals surface area (Å²) < 4.78 is 0. The van der Waals surface area contributed by atoms with Crippen molar-refractivity contribution in [3.8, 4) is 0 Å². The zero-order chi connectivity index (χ0) is 12.2. The van der Waals surface area contributed by atoms with Gasteiger partial charge in [0.15, 0.2) is 0 Å². The lowest BCUT2D eigenvalue weighted by atomic mass is 9.93. The fraction of sp³-hybridized carbons (Fsp3) is 0.556. The maximum atomic E-state index is 11.5. The lowest BCUT2D eigenvalue weighted by molar-refractivity contribution is -0.153. The number of H-pyrrole nitrogens is 1. The van der Waals surface area contributed by atoms with Gasteiger partial charge in [0.1, 0.15) is 17.6 Å². The molecular formula is C9H14N4O3. The van der Waals surface area contributed by atoms with Crippen LogP contribution >= 0.6 is 0 Å². The molecule has 1 rings (SSSR count). The Morgan fingerprint density at radius 2 is 2.25 bits per heavy atom. The van der Waals surface area contributed by atoms with E-state index in [1.54, 1.807) is 0 Å². The molecule has 7 nitrogen and oxygen atoms in total. The molecule has 0 fully saturated rings. The summed E-state index contributed by atoms with van der Waals surface area (Å²) in [4.78, 5) is 26.1. The Morgan fingerprint density at radius 1 is 1.56 bits per heavy atom. The monoisotopic (exact) mass is 226 g/mol. The third-order valence-electron chi connectivity index (χ3n) is 2.21. The molecule has 0 saturated carbocycles. The third-order valence-corrected chi connectivity index (χ3v) is 2.21. The van der Waals surface area contributed by atoms with Crippen molar-refractivity contribution in [1.82, 2.24) is 20.5 Å². The summed E-state index contributed by atoms with van der Waals surface area (Å²) in [6.45, 7) is 3.04. The minimum absolute atomic E-state index is 0.324. The van der Waals surface area contributed by atoms with Crippen LogP contribution < -0.4 is 5.32 Å². The largest absolute Gasteiger partial charge is 0.480 e. The number of carboxylic acid groups (broad SMARTS) is 1. The number of aromatic nitrogens is 3. The molecule has 1 heterocycles. The van der Waals surface area contributed by atoms with Gasteiger partial charge in [-0.2, -0.15) is 5.10 Å². The smallest absolute Gasteiger partial charge is 0.318 e. The van der Waals surface area contributed by atoms with Gasteiger partial charge in [0.05, 0.1) is 0 Å². The SMILES string of the molecule is CC(C)(C(=O)O)C(=O)NCCc1ncn[nH]1. The van der Waals surface area contributed by atoms with Crippen LogP contribution in [0.5, 0.6) is 0 Å². The number of hydrogen-bond donors (Lipinski definition) is 3. The van der Waals surface area contributed by atoms with Gasteiger partial charge in [-0.3, -0.25) is 14.7 Å². The van der Waals surface area contributed by atoms with Gasteiger partial charge >= 0.3 is 5.97 Å². The second-order valence-corrected chi connectivity index (χ2v) is 3.87. The van der Waals surface area contributed by atoms with E-state index in [1.807, 2.05) is 0 Å². The summed E-state index contributed by atoms with van der Waals surface area (Å²) >= 11 is 0. The summed E-state index contributed by atoms with van der Waals surface area (Å²) in [5.74, 6) is -1.02. The van der Waals surface area contributed by atoms with E-state index in [0.29, 0.717) is 18.8 Å². The highest BCUT2D eigenvalue weighted by Gasteiger charge is 2.35. The number of carboxylic acids is 1. The van der Waals surface area contributed by atoms with Crippen molar-refractivity contribution in [2.45, 2.75) is 20.3 Å². The molecular weight excluding hydrogens is 212 g/mol. The Kier molecular flexibility index (Phi) is 3.60. The Balaban J connectivity index is 2.39. The van der Waals surface area contributed by atoms with E-state index in [9.17, 15) is 9.59 Å². The predicted octanol–water partition coefficient (Wildman–Crippen LogP) is -0.426. The highest BCUT2D eigenvalue weighted by Crippen LogP contribution is 2.14. The highest BCUT2D eigenvalue weighted by atomic mass is 16.4. The number of hydrogen-bond acceptors (Lipinski definition) is 4. The Morgan fingerprint density at radius 3 is 2.75 bits per heavy atom. The maximum Gasteiger partial charge on any atom is 0.318 e. The molecule has 88 valence electrons. The average molecular weight is 226 g/mol. The molecule has 1 aromatic rings. The molecule has 0 saturated heterocycles. The fourth-order valence-electron chi connectivity index (χ4n) is 0.964. The van der Waals surface area contributed by atoms with Gasteiger partial charge in [0.25, 0.3) is 0 Å². The highest BCUT2D eigenvalue weighted by molar-refractivity contribution is 6.00. The van der Waals surface area contributed by atoms with Crippen molar-refractivity contribution >= 4 is 11.9 Å². The fourth-order valence-corrected chi connectivity index (χ4v) is 0.964. The van der Waals surface area contributed by atoms with Crippen LogP contribution in [-0.4, -0.2) is 38.7 Å². The Labute approximate surface area is 92.3 Å². The van der Waals surface area contributed by atoms with Crippen LogP contribution in [0.1, 0.15) is 19.7 Å². The van der Waals surface area contributed by atoms with Crippen LogP contribution in [0.2, 0.25) is 0 Å². The summed E-state index contributed by atoms with van der Waals surface area (Å²) in [6.07, 6.45) is 1.86. The molecule has 0 aliphatic carbocycles. The van der Waals surface area contributed by atoms with E-state index in [2.05, 4.69) is 20.5 Å². The molecule has 1 amide bonds. The number of carbonyl (C=O) groups excluding carboxylic acids is 1. The van der Waals surface area contributed by atoms with Gasteiger partial charge in [-0.15, -0.1) is 0 Å². The Hall–Kier alpha value is -1.92. The van der Waals surface area contributed by atoms with E-state index < -0.39 is 17.3 Å². The molecule has 0 aliphatic heterocycles. The number of nitrogens with zero attached hydrogens (tertiary/aromatic N) is 2. The summed E-state index contributed by atoms with van der Waals surface area (Å²) in [7, 11) is 0. The Bertz CT molecular complexity index is 372. The number of amides is 1. The molecule has 0 aliphatic rings. The van der Waals surface area contributed by atoms with Crippen molar-refractivity contribution < 1.29 is 14.7 Å². The van der Waals surface area contributed by atoms with Crippen molar-refractivity contribution in [2.75, 3.05) is 6.54 Å². The molecule has 0 radical (unpaired) electrons. The minimum Gasteiger partial charge on any atom is -0.480 e. The average Bonchev–Trinajstić information content (AvgIpc) is 2.70. The van der Waals surface area contributed by atoms with Crippen molar-refractivity contribution in [2.24, 2.45) is 5.41 Å². The normalized spacial score (nSPS) is 11.1. The van der Waals surface area contributed by atoms with Gasteiger partial charge < -0.3 is 10.4 Å². The van der Waals surface area contributed by atoms with Crippen LogP contribution in [0.25, 0.3) is 0 Å². The van der Waals surface area contributed by atoms with E-state index in [0.717, 1.165) is 0 Å². The summed E-state index contributed by atoms with van der Waals surface area (Å²) in [5.41, 5.74) is -1.42. The number of rotatable bonds is 5.